The van der Waals surface area contributed by atoms with Crippen molar-refractivity contribution in [3.8, 4) is 0 Å². The zero-order valence-electron chi connectivity index (χ0n) is 16.1. The highest BCUT2D eigenvalue weighted by atomic mass is 16.5. The van der Waals surface area contributed by atoms with Crippen LogP contribution in [-0.4, -0.2) is 66.4 Å². The van der Waals surface area contributed by atoms with E-state index in [9.17, 15) is 0 Å². The van der Waals surface area contributed by atoms with Gasteiger partial charge in [-0.2, -0.15) is 5.10 Å². The number of likely N-dealkylation sites (tertiary alicyclic amines) is 1. The maximum Gasteiger partial charge on any atom is 0.0937 e. The third kappa shape index (κ3) is 4.66. The van der Waals surface area contributed by atoms with E-state index in [4.69, 9.17) is 14.2 Å². The topological polar surface area (TPSA) is 48.8 Å². The molecule has 1 aromatic heterocycles. The van der Waals surface area contributed by atoms with Crippen molar-refractivity contribution in [2.24, 2.45) is 18.9 Å². The fraction of sp³-hybridized carbons (Fsp3) is 0.850. The van der Waals surface area contributed by atoms with Crippen molar-refractivity contribution in [2.45, 2.75) is 44.2 Å². The molecule has 26 heavy (non-hydrogen) atoms. The summed E-state index contributed by atoms with van der Waals surface area (Å²) in [6.07, 6.45) is 9.94. The second-order valence-corrected chi connectivity index (χ2v) is 8.48. The predicted molar refractivity (Wildman–Crippen MR) is 98.9 cm³/mol. The molecule has 3 aliphatic rings. The number of aromatic nitrogens is 2. The van der Waals surface area contributed by atoms with Gasteiger partial charge in [0.1, 0.15) is 0 Å². The Bertz CT molecular complexity index is 564. The highest BCUT2D eigenvalue weighted by Crippen LogP contribution is 2.38. The summed E-state index contributed by atoms with van der Waals surface area (Å²) in [5, 5.41) is 4.26. The van der Waals surface area contributed by atoms with Crippen molar-refractivity contribution < 1.29 is 14.2 Å². The lowest BCUT2D eigenvalue weighted by Gasteiger charge is -2.53. The van der Waals surface area contributed by atoms with Crippen molar-refractivity contribution in [1.29, 1.82) is 0 Å². The molecule has 0 unspecified atom stereocenters. The molecule has 0 bridgehead atoms. The number of ether oxygens (including phenoxy) is 3. The molecule has 4 heterocycles. The first-order chi connectivity index (χ1) is 12.7. The normalized spacial score (nSPS) is 26.9. The van der Waals surface area contributed by atoms with E-state index in [1.165, 1.54) is 24.8 Å². The van der Waals surface area contributed by atoms with Gasteiger partial charge in [0.2, 0.25) is 0 Å². The zero-order valence-corrected chi connectivity index (χ0v) is 16.1. The van der Waals surface area contributed by atoms with Crippen molar-refractivity contribution in [2.75, 3.05) is 46.1 Å². The fourth-order valence-corrected chi connectivity index (χ4v) is 4.70. The van der Waals surface area contributed by atoms with Gasteiger partial charge in [0.05, 0.1) is 11.8 Å². The molecular weight excluding hydrogens is 330 g/mol. The Kier molecular flexibility index (Phi) is 5.93. The van der Waals surface area contributed by atoms with Crippen LogP contribution in [0.5, 0.6) is 0 Å². The summed E-state index contributed by atoms with van der Waals surface area (Å²) in [4.78, 5) is 2.47. The van der Waals surface area contributed by atoms with Crippen LogP contribution >= 0.6 is 0 Å². The Balaban J connectivity index is 1.14. The smallest absolute Gasteiger partial charge is 0.0937 e. The predicted octanol–water partition coefficient (Wildman–Crippen LogP) is 2.23. The summed E-state index contributed by atoms with van der Waals surface area (Å²) < 4.78 is 19.5. The van der Waals surface area contributed by atoms with Gasteiger partial charge in [0.25, 0.3) is 0 Å². The minimum atomic E-state index is 0.103. The molecule has 3 saturated heterocycles. The quantitative estimate of drug-likeness (QED) is 0.696. The Morgan fingerprint density at radius 3 is 2.77 bits per heavy atom. The molecule has 6 heteroatoms. The Hall–Kier alpha value is -0.950. The molecule has 1 spiro atoms. The molecule has 0 N–H and O–H groups in total. The molecule has 0 aromatic carbocycles. The average Bonchev–Trinajstić information content (AvgIpc) is 3.04. The molecule has 6 nitrogen and oxygen atoms in total. The standard InChI is InChI=1S/C20H33N3O3/c1-22-12-19(11-21-22)13-23-15-20(16-23)10-17(5-9-26-20)2-8-25-14-18-3-6-24-7-4-18/h11-12,17-18H,2-10,13-16H2,1H3/t17-/m0/s1. The van der Waals surface area contributed by atoms with Gasteiger partial charge < -0.3 is 14.2 Å². The molecule has 3 fully saturated rings. The first-order valence-corrected chi connectivity index (χ1v) is 10.2. The highest BCUT2D eigenvalue weighted by Gasteiger charge is 2.47. The molecule has 0 radical (unpaired) electrons. The van der Waals surface area contributed by atoms with E-state index in [0.29, 0.717) is 5.92 Å². The van der Waals surface area contributed by atoms with Gasteiger partial charge in [-0.25, -0.2) is 0 Å². The maximum atomic E-state index is 6.19. The molecule has 1 aromatic rings. The van der Waals surface area contributed by atoms with E-state index in [2.05, 4.69) is 16.2 Å². The number of hydrogen-bond donors (Lipinski definition) is 0. The van der Waals surface area contributed by atoms with E-state index in [1.807, 2.05) is 17.9 Å². The second-order valence-electron chi connectivity index (χ2n) is 8.48. The second kappa shape index (κ2) is 8.38. The van der Waals surface area contributed by atoms with Gasteiger partial charge in [-0.1, -0.05) is 0 Å². The summed E-state index contributed by atoms with van der Waals surface area (Å²) >= 11 is 0. The number of hydrogen-bond acceptors (Lipinski definition) is 5. The Morgan fingerprint density at radius 2 is 2.00 bits per heavy atom. The van der Waals surface area contributed by atoms with Gasteiger partial charge in [-0.15, -0.1) is 0 Å². The van der Waals surface area contributed by atoms with E-state index in [0.717, 1.165) is 71.4 Å². The molecule has 146 valence electrons. The van der Waals surface area contributed by atoms with Crippen LogP contribution in [0.3, 0.4) is 0 Å². The third-order valence-corrected chi connectivity index (χ3v) is 6.15. The lowest BCUT2D eigenvalue weighted by molar-refractivity contribution is -0.182. The summed E-state index contributed by atoms with van der Waals surface area (Å²) in [5.74, 6) is 1.46. The van der Waals surface area contributed by atoms with Gasteiger partial charge in [0, 0.05) is 71.5 Å². The third-order valence-electron chi connectivity index (χ3n) is 6.15. The minimum Gasteiger partial charge on any atom is -0.381 e. The van der Waals surface area contributed by atoms with Crippen molar-refractivity contribution in [3.05, 3.63) is 18.0 Å². The van der Waals surface area contributed by atoms with Gasteiger partial charge in [-0.3, -0.25) is 9.58 Å². The van der Waals surface area contributed by atoms with Gasteiger partial charge in [-0.05, 0) is 43.9 Å². The molecule has 3 aliphatic heterocycles. The first-order valence-electron chi connectivity index (χ1n) is 10.2. The summed E-state index contributed by atoms with van der Waals surface area (Å²) in [6.45, 7) is 7.64. The van der Waals surface area contributed by atoms with Crippen LogP contribution in [0.25, 0.3) is 0 Å². The largest absolute Gasteiger partial charge is 0.381 e. The maximum absolute atomic E-state index is 6.19. The molecule has 1 atom stereocenters. The van der Waals surface area contributed by atoms with Crippen LogP contribution in [0, 0.1) is 11.8 Å². The molecule has 4 rings (SSSR count). The fourth-order valence-electron chi connectivity index (χ4n) is 4.70. The van der Waals surface area contributed by atoms with Crippen molar-refractivity contribution >= 4 is 0 Å². The van der Waals surface area contributed by atoms with Crippen LogP contribution in [-0.2, 0) is 27.8 Å². The molecule has 0 saturated carbocycles. The highest BCUT2D eigenvalue weighted by molar-refractivity contribution is 5.08. The Labute approximate surface area is 156 Å². The van der Waals surface area contributed by atoms with Crippen LogP contribution in [0.2, 0.25) is 0 Å². The molecular formula is C20H33N3O3. The summed E-state index contributed by atoms with van der Waals surface area (Å²) in [7, 11) is 1.97. The van der Waals surface area contributed by atoms with Crippen LogP contribution < -0.4 is 0 Å². The van der Waals surface area contributed by atoms with E-state index in [-0.39, 0.29) is 5.60 Å². The van der Waals surface area contributed by atoms with Gasteiger partial charge >= 0.3 is 0 Å². The summed E-state index contributed by atoms with van der Waals surface area (Å²) in [5.41, 5.74) is 1.39. The van der Waals surface area contributed by atoms with Crippen molar-refractivity contribution in [1.82, 2.24) is 14.7 Å². The minimum absolute atomic E-state index is 0.103. The van der Waals surface area contributed by atoms with Crippen molar-refractivity contribution in [3.63, 3.8) is 0 Å². The van der Waals surface area contributed by atoms with Crippen LogP contribution in [0.15, 0.2) is 12.4 Å². The Morgan fingerprint density at radius 1 is 1.19 bits per heavy atom. The van der Waals surface area contributed by atoms with Gasteiger partial charge in [0.15, 0.2) is 0 Å². The lowest BCUT2D eigenvalue weighted by atomic mass is 9.79. The first kappa shape index (κ1) is 18.4. The lowest BCUT2D eigenvalue weighted by Crippen LogP contribution is -2.64. The summed E-state index contributed by atoms with van der Waals surface area (Å²) in [6, 6.07) is 0. The number of rotatable bonds is 7. The van der Waals surface area contributed by atoms with Crippen LogP contribution in [0.1, 0.15) is 37.7 Å². The monoisotopic (exact) mass is 363 g/mol. The van der Waals surface area contributed by atoms with E-state index >= 15 is 0 Å². The van der Waals surface area contributed by atoms with E-state index < -0.39 is 0 Å². The van der Waals surface area contributed by atoms with E-state index in [1.54, 1.807) is 0 Å². The van der Waals surface area contributed by atoms with Crippen LogP contribution in [0.4, 0.5) is 0 Å². The number of nitrogens with zero attached hydrogens (tertiary/aromatic N) is 3. The molecule has 0 amide bonds. The molecule has 0 aliphatic carbocycles. The number of aryl methyl sites for hydroxylation is 1. The SMILES string of the molecule is Cn1cc(CN2CC3(C[C@@H](CCOCC4CCOCC4)CCO3)C2)cn1. The zero-order chi connectivity index (χ0) is 17.8. The average molecular weight is 364 g/mol.